The van der Waals surface area contributed by atoms with E-state index >= 15 is 0 Å². The fourth-order valence-corrected chi connectivity index (χ4v) is 2.41. The summed E-state index contributed by atoms with van der Waals surface area (Å²) < 4.78 is 5.88. The fourth-order valence-electron chi connectivity index (χ4n) is 2.41. The topological polar surface area (TPSA) is 47.0 Å². The molecule has 0 radical (unpaired) electrons. The predicted molar refractivity (Wildman–Crippen MR) is 84.7 cm³/mol. The van der Waals surface area contributed by atoms with Crippen molar-refractivity contribution in [2.45, 2.75) is 39.2 Å². The van der Waals surface area contributed by atoms with Crippen LogP contribution in [0.4, 0.5) is 5.82 Å². The molecule has 3 rings (SSSR count). The number of rotatable bonds is 6. The van der Waals surface area contributed by atoms with Gasteiger partial charge in [-0.15, -0.1) is 0 Å². The summed E-state index contributed by atoms with van der Waals surface area (Å²) in [5.41, 5.74) is 3.24. The van der Waals surface area contributed by atoms with E-state index in [4.69, 9.17) is 4.74 Å². The number of nitrogens with one attached hydrogen (secondary N) is 1. The maximum atomic E-state index is 5.88. The lowest BCUT2D eigenvalue weighted by Crippen LogP contribution is -2.06. The van der Waals surface area contributed by atoms with Crippen molar-refractivity contribution in [1.29, 1.82) is 0 Å². The van der Waals surface area contributed by atoms with Gasteiger partial charge in [0.1, 0.15) is 17.9 Å². The lowest BCUT2D eigenvalue weighted by atomic mass is 10.0. The van der Waals surface area contributed by atoms with Crippen molar-refractivity contribution in [1.82, 2.24) is 9.97 Å². The molecule has 0 saturated heterocycles. The molecule has 1 aliphatic rings. The van der Waals surface area contributed by atoms with Gasteiger partial charge in [0.15, 0.2) is 0 Å². The largest absolute Gasteiger partial charge is 0.490 e. The second kappa shape index (κ2) is 6.12. The van der Waals surface area contributed by atoms with Crippen LogP contribution in [0.1, 0.15) is 32.3 Å². The molecule has 4 heteroatoms. The van der Waals surface area contributed by atoms with Crippen molar-refractivity contribution >= 4 is 5.82 Å². The number of ether oxygens (including phenoxy) is 1. The molecule has 1 aliphatic carbocycles. The molecule has 21 heavy (non-hydrogen) atoms. The molecule has 0 unspecified atom stereocenters. The summed E-state index contributed by atoms with van der Waals surface area (Å²) in [5, 5.41) is 3.31. The van der Waals surface area contributed by atoms with Crippen LogP contribution in [0.3, 0.4) is 0 Å². The molecule has 110 valence electrons. The maximum absolute atomic E-state index is 5.88. The van der Waals surface area contributed by atoms with Gasteiger partial charge in [-0.05, 0) is 38.3 Å². The number of hydrogen-bond donors (Lipinski definition) is 1. The highest BCUT2D eigenvalue weighted by Gasteiger charge is 2.23. The molecule has 1 saturated carbocycles. The average Bonchev–Trinajstić information content (AvgIpc) is 3.31. The van der Waals surface area contributed by atoms with Gasteiger partial charge >= 0.3 is 0 Å². The molecule has 2 aromatic rings. The van der Waals surface area contributed by atoms with Gasteiger partial charge in [-0.3, -0.25) is 0 Å². The van der Waals surface area contributed by atoms with E-state index in [1.807, 2.05) is 12.1 Å². The SMILES string of the molecule is CCNc1ncnc(-c2cccc(OC3CC3)c2)c1CC. The summed E-state index contributed by atoms with van der Waals surface area (Å²) in [6.07, 6.45) is 5.27. The smallest absolute Gasteiger partial charge is 0.133 e. The summed E-state index contributed by atoms with van der Waals surface area (Å²) in [4.78, 5) is 8.84. The number of aromatic nitrogens is 2. The van der Waals surface area contributed by atoms with Crippen LogP contribution in [0.2, 0.25) is 0 Å². The minimum atomic E-state index is 0.411. The zero-order valence-corrected chi connectivity index (χ0v) is 12.6. The number of benzene rings is 1. The quantitative estimate of drug-likeness (QED) is 0.878. The molecule has 0 bridgehead atoms. The minimum absolute atomic E-state index is 0.411. The first-order chi connectivity index (χ1) is 10.3. The Morgan fingerprint density at radius 1 is 1.24 bits per heavy atom. The summed E-state index contributed by atoms with van der Waals surface area (Å²) in [6, 6.07) is 8.20. The second-order valence-corrected chi connectivity index (χ2v) is 5.28. The first-order valence-electron chi connectivity index (χ1n) is 7.66. The molecule has 1 heterocycles. The Hall–Kier alpha value is -2.10. The van der Waals surface area contributed by atoms with E-state index in [0.29, 0.717) is 6.10 Å². The molecule has 0 amide bonds. The lowest BCUT2D eigenvalue weighted by Gasteiger charge is -2.13. The monoisotopic (exact) mass is 283 g/mol. The molecular formula is C17H21N3O. The molecular weight excluding hydrogens is 262 g/mol. The molecule has 1 aromatic carbocycles. The molecule has 1 fully saturated rings. The van der Waals surface area contributed by atoms with Crippen molar-refractivity contribution < 1.29 is 4.74 Å². The third kappa shape index (κ3) is 3.15. The van der Waals surface area contributed by atoms with Crippen LogP contribution in [0.25, 0.3) is 11.3 Å². The van der Waals surface area contributed by atoms with Gasteiger partial charge in [0.2, 0.25) is 0 Å². The fraction of sp³-hybridized carbons (Fsp3) is 0.412. The molecule has 4 nitrogen and oxygen atoms in total. The van der Waals surface area contributed by atoms with Gasteiger partial charge in [-0.25, -0.2) is 9.97 Å². The van der Waals surface area contributed by atoms with Crippen LogP contribution < -0.4 is 10.1 Å². The van der Waals surface area contributed by atoms with E-state index < -0.39 is 0 Å². The van der Waals surface area contributed by atoms with Crippen molar-refractivity contribution in [2.24, 2.45) is 0 Å². The van der Waals surface area contributed by atoms with Crippen LogP contribution in [-0.2, 0) is 6.42 Å². The van der Waals surface area contributed by atoms with Crippen molar-refractivity contribution in [3.8, 4) is 17.0 Å². The van der Waals surface area contributed by atoms with E-state index in [1.54, 1.807) is 6.33 Å². The summed E-state index contributed by atoms with van der Waals surface area (Å²) >= 11 is 0. The first kappa shape index (κ1) is 13.9. The van der Waals surface area contributed by atoms with Crippen molar-refractivity contribution in [3.63, 3.8) is 0 Å². The van der Waals surface area contributed by atoms with Gasteiger partial charge in [0, 0.05) is 17.7 Å². The van der Waals surface area contributed by atoms with Crippen LogP contribution >= 0.6 is 0 Å². The first-order valence-corrected chi connectivity index (χ1v) is 7.66. The standard InChI is InChI=1S/C17H21N3O/c1-3-15-16(19-11-20-17(15)18-4-2)12-6-5-7-14(10-12)21-13-8-9-13/h5-7,10-11,13H,3-4,8-9H2,1-2H3,(H,18,19,20). The van der Waals surface area contributed by atoms with Gasteiger partial charge in [-0.2, -0.15) is 0 Å². The molecule has 0 atom stereocenters. The van der Waals surface area contributed by atoms with Crippen LogP contribution in [0, 0.1) is 0 Å². The zero-order chi connectivity index (χ0) is 14.7. The Bertz CT molecular complexity index is 623. The van der Waals surface area contributed by atoms with Crippen molar-refractivity contribution in [2.75, 3.05) is 11.9 Å². The Kier molecular flexibility index (Phi) is 4.04. The van der Waals surface area contributed by atoms with E-state index in [0.717, 1.165) is 41.4 Å². The van der Waals surface area contributed by atoms with Gasteiger partial charge in [0.25, 0.3) is 0 Å². The summed E-state index contributed by atoms with van der Waals surface area (Å²) in [5.74, 6) is 1.86. The van der Waals surface area contributed by atoms with E-state index in [9.17, 15) is 0 Å². The normalized spacial score (nSPS) is 14.0. The van der Waals surface area contributed by atoms with E-state index in [-0.39, 0.29) is 0 Å². The number of anilines is 1. The van der Waals surface area contributed by atoms with E-state index in [2.05, 4.69) is 41.3 Å². The molecule has 0 spiro atoms. The maximum Gasteiger partial charge on any atom is 0.133 e. The Morgan fingerprint density at radius 3 is 2.81 bits per heavy atom. The molecule has 1 aromatic heterocycles. The highest BCUT2D eigenvalue weighted by molar-refractivity contribution is 5.69. The van der Waals surface area contributed by atoms with Gasteiger partial charge in [0.05, 0.1) is 11.8 Å². The second-order valence-electron chi connectivity index (χ2n) is 5.28. The highest BCUT2D eigenvalue weighted by atomic mass is 16.5. The van der Waals surface area contributed by atoms with Crippen molar-refractivity contribution in [3.05, 3.63) is 36.2 Å². The van der Waals surface area contributed by atoms with E-state index in [1.165, 1.54) is 12.8 Å². The Balaban J connectivity index is 1.96. The number of hydrogen-bond acceptors (Lipinski definition) is 4. The van der Waals surface area contributed by atoms with Crippen LogP contribution in [0.15, 0.2) is 30.6 Å². The summed E-state index contributed by atoms with van der Waals surface area (Å²) in [7, 11) is 0. The number of nitrogens with zero attached hydrogens (tertiary/aromatic N) is 2. The van der Waals surface area contributed by atoms with Crippen LogP contribution in [-0.4, -0.2) is 22.6 Å². The average molecular weight is 283 g/mol. The molecule has 1 N–H and O–H groups in total. The zero-order valence-electron chi connectivity index (χ0n) is 12.6. The highest BCUT2D eigenvalue weighted by Crippen LogP contribution is 2.31. The Labute approximate surface area is 125 Å². The van der Waals surface area contributed by atoms with Crippen LogP contribution in [0.5, 0.6) is 5.75 Å². The van der Waals surface area contributed by atoms with Gasteiger partial charge < -0.3 is 10.1 Å². The van der Waals surface area contributed by atoms with Gasteiger partial charge in [-0.1, -0.05) is 19.1 Å². The third-order valence-corrected chi connectivity index (χ3v) is 3.58. The predicted octanol–water partition coefficient (Wildman–Crippen LogP) is 3.68. The third-order valence-electron chi connectivity index (χ3n) is 3.58. The lowest BCUT2D eigenvalue weighted by molar-refractivity contribution is 0.303. The minimum Gasteiger partial charge on any atom is -0.490 e. The summed E-state index contributed by atoms with van der Waals surface area (Å²) in [6.45, 7) is 5.06. The molecule has 0 aliphatic heterocycles. The Morgan fingerprint density at radius 2 is 2.10 bits per heavy atom.